The van der Waals surface area contributed by atoms with Gasteiger partial charge in [-0.25, -0.2) is 0 Å². The van der Waals surface area contributed by atoms with Crippen molar-refractivity contribution in [1.29, 1.82) is 0 Å². The van der Waals surface area contributed by atoms with Crippen molar-refractivity contribution in [3.05, 3.63) is 99.6 Å². The number of benzene rings is 3. The first kappa shape index (κ1) is 23.5. The summed E-state index contributed by atoms with van der Waals surface area (Å²) >= 11 is 1.66. The number of Topliss-reactive ketones (excluding diaryl/α,β-unsaturated/α-hetero) is 1. The van der Waals surface area contributed by atoms with E-state index < -0.39 is 4.92 Å². The van der Waals surface area contributed by atoms with E-state index >= 15 is 0 Å². The predicted molar refractivity (Wildman–Crippen MR) is 132 cm³/mol. The molecule has 0 amide bonds. The van der Waals surface area contributed by atoms with Crippen LogP contribution in [-0.2, 0) is 5.41 Å². The highest BCUT2D eigenvalue weighted by molar-refractivity contribution is 7.98. The third-order valence-corrected chi connectivity index (χ3v) is 6.14. The zero-order chi connectivity index (χ0) is 23.3. The molecule has 0 aliphatic rings. The number of non-ortho nitro benzene ring substituents is 1. The second kappa shape index (κ2) is 10.0. The van der Waals surface area contributed by atoms with Crippen LogP contribution < -0.4 is 5.32 Å². The maximum absolute atomic E-state index is 13.1. The van der Waals surface area contributed by atoms with Crippen LogP contribution in [0.25, 0.3) is 0 Å². The number of nitrogens with one attached hydrogen (secondary N) is 1. The van der Waals surface area contributed by atoms with Crippen LogP contribution in [0.5, 0.6) is 0 Å². The summed E-state index contributed by atoms with van der Waals surface area (Å²) in [5.74, 6) is 0.0406. The van der Waals surface area contributed by atoms with E-state index in [-0.39, 0.29) is 29.3 Å². The van der Waals surface area contributed by atoms with Gasteiger partial charge in [0.2, 0.25) is 0 Å². The summed E-state index contributed by atoms with van der Waals surface area (Å²) in [6, 6.07) is 21.9. The smallest absolute Gasteiger partial charge is 0.269 e. The summed E-state index contributed by atoms with van der Waals surface area (Å²) in [5.41, 5.74) is 3.63. The number of carbonyl (C=O) groups excluding carboxylic acids is 1. The van der Waals surface area contributed by atoms with Gasteiger partial charge in [-0.15, -0.1) is 11.8 Å². The van der Waals surface area contributed by atoms with E-state index in [9.17, 15) is 14.9 Å². The van der Waals surface area contributed by atoms with Crippen LogP contribution in [0.2, 0.25) is 0 Å². The molecule has 3 rings (SSSR count). The van der Waals surface area contributed by atoms with Crippen LogP contribution in [-0.4, -0.2) is 17.0 Å². The first-order valence-electron chi connectivity index (χ1n) is 10.5. The van der Waals surface area contributed by atoms with E-state index in [1.165, 1.54) is 17.7 Å². The van der Waals surface area contributed by atoms with E-state index in [4.69, 9.17) is 0 Å². The summed E-state index contributed by atoms with van der Waals surface area (Å²) in [6.07, 6.45) is 2.29. The minimum Gasteiger partial charge on any atom is -0.378 e. The van der Waals surface area contributed by atoms with Crippen LogP contribution in [0.1, 0.15) is 54.7 Å². The number of carbonyl (C=O) groups is 1. The summed E-state index contributed by atoms with van der Waals surface area (Å²) < 4.78 is 0. The van der Waals surface area contributed by atoms with E-state index in [1.54, 1.807) is 23.9 Å². The molecule has 0 spiro atoms. The maximum atomic E-state index is 13.1. The Morgan fingerprint density at radius 1 is 0.969 bits per heavy atom. The Kier molecular flexibility index (Phi) is 7.36. The molecule has 0 unspecified atom stereocenters. The number of ketones is 1. The highest BCUT2D eigenvalue weighted by Gasteiger charge is 2.19. The van der Waals surface area contributed by atoms with Crippen molar-refractivity contribution in [2.75, 3.05) is 11.6 Å². The molecule has 3 aromatic carbocycles. The summed E-state index contributed by atoms with van der Waals surface area (Å²) in [6.45, 7) is 6.44. The van der Waals surface area contributed by atoms with Crippen molar-refractivity contribution >= 4 is 28.9 Å². The van der Waals surface area contributed by atoms with Gasteiger partial charge in [-0.1, -0.05) is 57.2 Å². The molecule has 0 aliphatic heterocycles. The van der Waals surface area contributed by atoms with E-state index in [0.717, 1.165) is 16.1 Å². The molecule has 0 saturated carbocycles. The van der Waals surface area contributed by atoms with Crippen molar-refractivity contribution in [2.45, 2.75) is 43.5 Å². The van der Waals surface area contributed by atoms with Gasteiger partial charge in [0.1, 0.15) is 0 Å². The lowest BCUT2D eigenvalue weighted by Gasteiger charge is -2.21. The maximum Gasteiger partial charge on any atom is 0.269 e. The normalized spacial score (nSPS) is 12.2. The number of nitro groups is 1. The zero-order valence-corrected chi connectivity index (χ0v) is 19.6. The number of nitrogens with zero attached hydrogens (tertiary/aromatic N) is 1. The molecule has 0 aliphatic carbocycles. The summed E-state index contributed by atoms with van der Waals surface area (Å²) in [4.78, 5) is 24.8. The monoisotopic (exact) mass is 448 g/mol. The molecule has 32 heavy (non-hydrogen) atoms. The molecule has 1 N–H and O–H groups in total. The molecule has 5 nitrogen and oxygen atoms in total. The zero-order valence-electron chi connectivity index (χ0n) is 18.8. The predicted octanol–water partition coefficient (Wildman–Crippen LogP) is 7.04. The van der Waals surface area contributed by atoms with Gasteiger partial charge in [0, 0.05) is 34.7 Å². The second-order valence-corrected chi connectivity index (χ2v) is 9.61. The third-order valence-electron chi connectivity index (χ3n) is 5.40. The highest BCUT2D eigenvalue weighted by Crippen LogP contribution is 2.28. The van der Waals surface area contributed by atoms with Gasteiger partial charge in [-0.3, -0.25) is 14.9 Å². The minimum atomic E-state index is -0.423. The SMILES string of the molecule is CSc1ccc([C@H](CC(=O)c2ccc(C(C)(C)C)cc2)Nc2ccc([N+](=O)[O-])cc2)cc1. The molecular formula is C26H28N2O3S. The van der Waals surface area contributed by atoms with Gasteiger partial charge in [0.15, 0.2) is 5.78 Å². The Balaban J connectivity index is 1.84. The average Bonchev–Trinajstić information content (AvgIpc) is 2.78. The Morgan fingerprint density at radius 2 is 1.56 bits per heavy atom. The number of rotatable bonds is 8. The second-order valence-electron chi connectivity index (χ2n) is 8.73. The number of nitro benzene ring substituents is 1. The number of anilines is 1. The average molecular weight is 449 g/mol. The van der Waals surface area contributed by atoms with Crippen LogP contribution >= 0.6 is 11.8 Å². The Bertz CT molecular complexity index is 1070. The van der Waals surface area contributed by atoms with Crippen molar-refractivity contribution in [3.63, 3.8) is 0 Å². The lowest BCUT2D eigenvalue weighted by Crippen LogP contribution is -2.16. The van der Waals surface area contributed by atoms with Crippen molar-refractivity contribution in [1.82, 2.24) is 0 Å². The van der Waals surface area contributed by atoms with Gasteiger partial charge in [-0.2, -0.15) is 0 Å². The van der Waals surface area contributed by atoms with E-state index in [1.807, 2.05) is 54.8 Å². The number of hydrogen-bond donors (Lipinski definition) is 1. The summed E-state index contributed by atoms with van der Waals surface area (Å²) in [5, 5.41) is 14.3. The molecule has 0 heterocycles. The minimum absolute atomic E-state index is 0.0284. The standard InChI is InChI=1S/C26H28N2O3S/c1-26(2,3)20-9-5-19(6-10-20)25(29)17-24(18-7-15-23(32-4)16-8-18)27-21-11-13-22(14-12-21)28(30)31/h5-16,24,27H,17H2,1-4H3/t24-/m0/s1. The summed E-state index contributed by atoms with van der Waals surface area (Å²) in [7, 11) is 0. The van der Waals surface area contributed by atoms with Gasteiger partial charge >= 0.3 is 0 Å². The van der Waals surface area contributed by atoms with Gasteiger partial charge in [0.25, 0.3) is 5.69 Å². The molecular weight excluding hydrogens is 420 g/mol. The molecule has 1 atom stereocenters. The Morgan fingerprint density at radius 3 is 2.06 bits per heavy atom. The quantitative estimate of drug-likeness (QED) is 0.173. The van der Waals surface area contributed by atoms with Crippen molar-refractivity contribution in [2.24, 2.45) is 0 Å². The van der Waals surface area contributed by atoms with Crippen LogP contribution in [0, 0.1) is 10.1 Å². The Labute approximate surface area is 193 Å². The molecule has 0 aromatic heterocycles. The first-order valence-corrected chi connectivity index (χ1v) is 11.7. The molecule has 0 bridgehead atoms. The fourth-order valence-corrected chi connectivity index (χ4v) is 3.84. The number of thioether (sulfide) groups is 1. The molecule has 166 valence electrons. The van der Waals surface area contributed by atoms with Crippen LogP contribution in [0.3, 0.4) is 0 Å². The van der Waals surface area contributed by atoms with Crippen molar-refractivity contribution < 1.29 is 9.72 Å². The lowest BCUT2D eigenvalue weighted by molar-refractivity contribution is -0.384. The van der Waals surface area contributed by atoms with Gasteiger partial charge in [0.05, 0.1) is 11.0 Å². The molecule has 0 saturated heterocycles. The topological polar surface area (TPSA) is 72.2 Å². The van der Waals surface area contributed by atoms with E-state index in [0.29, 0.717) is 5.56 Å². The van der Waals surface area contributed by atoms with Gasteiger partial charge < -0.3 is 5.32 Å². The van der Waals surface area contributed by atoms with Gasteiger partial charge in [-0.05, 0) is 47.1 Å². The third kappa shape index (κ3) is 5.98. The molecule has 3 aromatic rings. The largest absolute Gasteiger partial charge is 0.378 e. The van der Waals surface area contributed by atoms with Crippen LogP contribution in [0.15, 0.2) is 77.7 Å². The fraction of sp³-hybridized carbons (Fsp3) is 0.269. The first-order chi connectivity index (χ1) is 15.2. The molecule has 0 fully saturated rings. The molecule has 0 radical (unpaired) electrons. The van der Waals surface area contributed by atoms with Crippen LogP contribution in [0.4, 0.5) is 11.4 Å². The lowest BCUT2D eigenvalue weighted by atomic mass is 9.86. The van der Waals surface area contributed by atoms with Crippen molar-refractivity contribution in [3.8, 4) is 0 Å². The Hall–Kier alpha value is -3.12. The fourth-order valence-electron chi connectivity index (χ4n) is 3.43. The molecule has 6 heteroatoms. The number of hydrogen-bond acceptors (Lipinski definition) is 5. The van der Waals surface area contributed by atoms with E-state index in [2.05, 4.69) is 26.1 Å². The highest BCUT2D eigenvalue weighted by atomic mass is 32.2.